The molecule has 1 saturated carbocycles. The van der Waals surface area contributed by atoms with Gasteiger partial charge in [-0.15, -0.1) is 0 Å². The van der Waals surface area contributed by atoms with E-state index in [1.807, 2.05) is 18.3 Å². The summed E-state index contributed by atoms with van der Waals surface area (Å²) >= 11 is 6.21. The Morgan fingerprint density at radius 2 is 1.89 bits per heavy atom. The lowest BCUT2D eigenvalue weighted by Crippen LogP contribution is -2.38. The molecule has 0 bridgehead atoms. The SMILES string of the molecule is NC1(c2ccnc3c(Cl)cccc23)CCCCC1. The first-order chi connectivity index (χ1) is 8.71. The Kier molecular flexibility index (Phi) is 3.00. The molecular weight excluding hydrogens is 244 g/mol. The number of aromatic nitrogens is 1. The van der Waals surface area contributed by atoms with E-state index in [1.54, 1.807) is 0 Å². The molecule has 2 aromatic rings. The number of nitrogens with two attached hydrogens (primary N) is 1. The highest BCUT2D eigenvalue weighted by Crippen LogP contribution is 2.38. The average molecular weight is 261 g/mol. The van der Waals surface area contributed by atoms with Crippen LogP contribution in [0.15, 0.2) is 30.5 Å². The van der Waals surface area contributed by atoms with Crippen LogP contribution in [0.2, 0.25) is 5.02 Å². The average Bonchev–Trinajstić information content (AvgIpc) is 2.39. The third-order valence-corrected chi connectivity index (χ3v) is 4.31. The molecule has 3 heteroatoms. The molecule has 3 rings (SSSR count). The van der Waals surface area contributed by atoms with Gasteiger partial charge in [0.25, 0.3) is 0 Å². The van der Waals surface area contributed by atoms with Gasteiger partial charge in [0.1, 0.15) is 0 Å². The lowest BCUT2D eigenvalue weighted by atomic mass is 9.76. The van der Waals surface area contributed by atoms with Gasteiger partial charge in [0.05, 0.1) is 10.5 Å². The number of halogens is 1. The van der Waals surface area contributed by atoms with Crippen LogP contribution in [-0.4, -0.2) is 4.98 Å². The summed E-state index contributed by atoms with van der Waals surface area (Å²) in [6.45, 7) is 0. The van der Waals surface area contributed by atoms with Crippen LogP contribution in [0.3, 0.4) is 0 Å². The standard InChI is InChI=1S/C15H17ClN2/c16-13-6-4-5-11-12(7-10-18-14(11)13)15(17)8-2-1-3-9-15/h4-7,10H,1-3,8-9,17H2. The van der Waals surface area contributed by atoms with Crippen LogP contribution in [0.5, 0.6) is 0 Å². The molecule has 18 heavy (non-hydrogen) atoms. The molecule has 1 heterocycles. The maximum atomic E-state index is 6.63. The molecule has 1 aliphatic carbocycles. The summed E-state index contributed by atoms with van der Waals surface area (Å²) in [6.07, 6.45) is 7.65. The Bertz CT molecular complexity index is 574. The Morgan fingerprint density at radius 3 is 2.67 bits per heavy atom. The van der Waals surface area contributed by atoms with Crippen LogP contribution >= 0.6 is 11.6 Å². The van der Waals surface area contributed by atoms with E-state index in [1.165, 1.54) is 24.8 Å². The molecule has 1 fully saturated rings. The van der Waals surface area contributed by atoms with Gasteiger partial charge in [-0.05, 0) is 30.5 Å². The summed E-state index contributed by atoms with van der Waals surface area (Å²) in [6, 6.07) is 7.99. The molecule has 0 amide bonds. The zero-order valence-corrected chi connectivity index (χ0v) is 11.1. The summed E-state index contributed by atoms with van der Waals surface area (Å²) in [7, 11) is 0. The number of para-hydroxylation sites is 1. The smallest absolute Gasteiger partial charge is 0.0891 e. The second-order valence-corrected chi connectivity index (χ2v) is 5.62. The number of fused-ring (bicyclic) bond motifs is 1. The Morgan fingerprint density at radius 1 is 1.11 bits per heavy atom. The molecule has 1 aliphatic rings. The summed E-state index contributed by atoms with van der Waals surface area (Å²) < 4.78 is 0. The van der Waals surface area contributed by atoms with E-state index in [2.05, 4.69) is 17.1 Å². The van der Waals surface area contributed by atoms with Crippen molar-refractivity contribution in [1.82, 2.24) is 4.98 Å². The van der Waals surface area contributed by atoms with Gasteiger partial charge in [0.15, 0.2) is 0 Å². The molecule has 94 valence electrons. The van der Waals surface area contributed by atoms with Crippen molar-refractivity contribution in [2.75, 3.05) is 0 Å². The topological polar surface area (TPSA) is 38.9 Å². The van der Waals surface area contributed by atoms with E-state index in [4.69, 9.17) is 17.3 Å². The predicted octanol–water partition coefficient (Wildman–Crippen LogP) is 4.01. The maximum absolute atomic E-state index is 6.63. The van der Waals surface area contributed by atoms with E-state index in [-0.39, 0.29) is 5.54 Å². The van der Waals surface area contributed by atoms with Crippen LogP contribution < -0.4 is 5.73 Å². The van der Waals surface area contributed by atoms with Gasteiger partial charge < -0.3 is 5.73 Å². The quantitative estimate of drug-likeness (QED) is 0.842. The fraction of sp³-hybridized carbons (Fsp3) is 0.400. The monoisotopic (exact) mass is 260 g/mol. The van der Waals surface area contributed by atoms with Gasteiger partial charge >= 0.3 is 0 Å². The normalized spacial score (nSPS) is 19.0. The number of rotatable bonds is 1. The zero-order valence-electron chi connectivity index (χ0n) is 10.3. The van der Waals surface area contributed by atoms with Crippen LogP contribution in [0.4, 0.5) is 0 Å². The molecule has 0 radical (unpaired) electrons. The number of hydrogen-bond donors (Lipinski definition) is 1. The molecule has 0 spiro atoms. The van der Waals surface area contributed by atoms with Gasteiger partial charge in [-0.3, -0.25) is 4.98 Å². The van der Waals surface area contributed by atoms with Crippen molar-refractivity contribution in [2.45, 2.75) is 37.6 Å². The summed E-state index contributed by atoms with van der Waals surface area (Å²) in [4.78, 5) is 4.38. The van der Waals surface area contributed by atoms with Crippen LogP contribution in [0.25, 0.3) is 10.9 Å². The van der Waals surface area contributed by atoms with E-state index in [9.17, 15) is 0 Å². The third-order valence-electron chi connectivity index (χ3n) is 4.00. The Balaban J connectivity index is 2.20. The minimum Gasteiger partial charge on any atom is -0.321 e. The van der Waals surface area contributed by atoms with Crippen molar-refractivity contribution in [1.29, 1.82) is 0 Å². The number of benzene rings is 1. The molecule has 0 unspecified atom stereocenters. The van der Waals surface area contributed by atoms with Crippen LogP contribution in [0, 0.1) is 0 Å². The number of pyridine rings is 1. The molecule has 2 N–H and O–H groups in total. The Labute approximate surface area is 112 Å². The highest BCUT2D eigenvalue weighted by molar-refractivity contribution is 6.35. The van der Waals surface area contributed by atoms with Crippen LogP contribution in [0.1, 0.15) is 37.7 Å². The lowest BCUT2D eigenvalue weighted by Gasteiger charge is -2.34. The second-order valence-electron chi connectivity index (χ2n) is 5.21. The van der Waals surface area contributed by atoms with Crippen molar-refractivity contribution < 1.29 is 0 Å². The molecule has 0 aliphatic heterocycles. The largest absolute Gasteiger partial charge is 0.321 e. The van der Waals surface area contributed by atoms with E-state index in [0.29, 0.717) is 5.02 Å². The molecule has 0 atom stereocenters. The van der Waals surface area contributed by atoms with Gasteiger partial charge in [-0.2, -0.15) is 0 Å². The molecular formula is C15H17ClN2. The second kappa shape index (κ2) is 4.52. The Hall–Kier alpha value is -1.12. The van der Waals surface area contributed by atoms with Crippen molar-refractivity contribution in [2.24, 2.45) is 5.73 Å². The third kappa shape index (κ3) is 1.90. The lowest BCUT2D eigenvalue weighted by molar-refractivity contribution is 0.304. The van der Waals surface area contributed by atoms with Gasteiger partial charge in [-0.1, -0.05) is 43.0 Å². The molecule has 2 nitrogen and oxygen atoms in total. The highest BCUT2D eigenvalue weighted by Gasteiger charge is 2.31. The fourth-order valence-electron chi connectivity index (χ4n) is 3.03. The summed E-state index contributed by atoms with van der Waals surface area (Å²) in [5.74, 6) is 0. The van der Waals surface area contributed by atoms with E-state index >= 15 is 0 Å². The molecule has 1 aromatic carbocycles. The number of hydrogen-bond acceptors (Lipinski definition) is 2. The maximum Gasteiger partial charge on any atom is 0.0891 e. The van der Waals surface area contributed by atoms with E-state index in [0.717, 1.165) is 23.7 Å². The number of nitrogens with zero attached hydrogens (tertiary/aromatic N) is 1. The van der Waals surface area contributed by atoms with Gasteiger partial charge in [0, 0.05) is 17.1 Å². The minimum atomic E-state index is -0.204. The van der Waals surface area contributed by atoms with Gasteiger partial charge in [-0.25, -0.2) is 0 Å². The van der Waals surface area contributed by atoms with Crippen molar-refractivity contribution in [3.05, 3.63) is 41.0 Å². The first-order valence-corrected chi connectivity index (χ1v) is 6.91. The van der Waals surface area contributed by atoms with E-state index < -0.39 is 0 Å². The first kappa shape index (κ1) is 11.9. The van der Waals surface area contributed by atoms with Gasteiger partial charge in [0.2, 0.25) is 0 Å². The predicted molar refractivity (Wildman–Crippen MR) is 75.7 cm³/mol. The van der Waals surface area contributed by atoms with Crippen molar-refractivity contribution in [3.8, 4) is 0 Å². The minimum absolute atomic E-state index is 0.204. The fourth-order valence-corrected chi connectivity index (χ4v) is 3.25. The van der Waals surface area contributed by atoms with Crippen molar-refractivity contribution >= 4 is 22.5 Å². The van der Waals surface area contributed by atoms with Crippen LogP contribution in [-0.2, 0) is 5.54 Å². The molecule has 0 saturated heterocycles. The highest BCUT2D eigenvalue weighted by atomic mass is 35.5. The molecule has 1 aromatic heterocycles. The van der Waals surface area contributed by atoms with Crippen molar-refractivity contribution in [3.63, 3.8) is 0 Å². The summed E-state index contributed by atoms with van der Waals surface area (Å²) in [5, 5.41) is 1.81. The summed E-state index contributed by atoms with van der Waals surface area (Å²) in [5.41, 5.74) is 8.49. The zero-order chi connectivity index (χ0) is 12.6. The first-order valence-electron chi connectivity index (χ1n) is 6.53.